The van der Waals surface area contributed by atoms with Crippen LogP contribution in [0.5, 0.6) is 0 Å². The summed E-state index contributed by atoms with van der Waals surface area (Å²) in [6.45, 7) is 12.2. The molecular formula is C35H33IrN2O2Si-. The van der Waals surface area contributed by atoms with Gasteiger partial charge in [0.2, 0.25) is 0 Å². The van der Waals surface area contributed by atoms with Gasteiger partial charge in [-0.3, -0.25) is 9.78 Å². The zero-order valence-electron chi connectivity index (χ0n) is 24.2. The van der Waals surface area contributed by atoms with E-state index >= 15 is 0 Å². The average Bonchev–Trinajstić information content (AvgIpc) is 2.91. The molecule has 0 aliphatic heterocycles. The second-order valence-electron chi connectivity index (χ2n) is 11.0. The number of nitrogens with zero attached hydrogens (tertiary/aromatic N) is 2. The minimum atomic E-state index is -1.32. The van der Waals surface area contributed by atoms with E-state index in [1.165, 1.54) is 47.2 Å². The number of aromatic nitrogens is 1. The standard InChI is InChI=1S/C30H25N2Si.C5H8O2.Ir/c1-20-26(21-9-11-25(12-10-21)33(2,3)4)13-14-29-27(20)15-16-32-30(29)23-17-22-7-5-6-8-28(22)24(18-23)19-31;1-4(6)3-5(2)7;/h5-16,18H,1-4H3;3,6H,1-2H3;/q-1;;/b;4-3-;. The van der Waals surface area contributed by atoms with Crippen LogP contribution in [0.25, 0.3) is 43.9 Å². The van der Waals surface area contributed by atoms with Crippen molar-refractivity contribution in [1.82, 2.24) is 4.98 Å². The zero-order chi connectivity index (χ0) is 29.0. The second kappa shape index (κ2) is 13.2. The number of aliphatic hydroxyl groups is 1. The van der Waals surface area contributed by atoms with E-state index in [-0.39, 0.29) is 31.6 Å². The Balaban J connectivity index is 0.000000516. The van der Waals surface area contributed by atoms with E-state index in [9.17, 15) is 10.1 Å². The smallest absolute Gasteiger partial charge is 0.155 e. The van der Waals surface area contributed by atoms with Crippen molar-refractivity contribution in [1.29, 1.82) is 5.26 Å². The minimum absolute atomic E-state index is 0. The van der Waals surface area contributed by atoms with Crippen molar-refractivity contribution < 1.29 is 30.0 Å². The molecule has 0 fully saturated rings. The molecule has 41 heavy (non-hydrogen) atoms. The summed E-state index contributed by atoms with van der Waals surface area (Å²) in [7, 11) is -1.32. The molecular weight excluding hydrogens is 701 g/mol. The third-order valence-corrected chi connectivity index (χ3v) is 8.91. The van der Waals surface area contributed by atoms with Crippen molar-refractivity contribution in [3.05, 3.63) is 108 Å². The molecule has 0 unspecified atom stereocenters. The van der Waals surface area contributed by atoms with Gasteiger partial charge in [0, 0.05) is 38.1 Å². The van der Waals surface area contributed by atoms with Crippen LogP contribution in [0.3, 0.4) is 0 Å². The van der Waals surface area contributed by atoms with E-state index in [1.807, 2.05) is 36.5 Å². The Kier molecular flexibility index (Phi) is 10.2. The largest absolute Gasteiger partial charge is 0.512 e. The van der Waals surface area contributed by atoms with Gasteiger partial charge in [-0.15, -0.1) is 23.6 Å². The zero-order valence-corrected chi connectivity index (χ0v) is 27.6. The Morgan fingerprint density at radius 3 is 2.22 bits per heavy atom. The fourth-order valence-electron chi connectivity index (χ4n) is 4.83. The molecule has 0 spiro atoms. The maximum Gasteiger partial charge on any atom is 0.155 e. The fourth-order valence-corrected chi connectivity index (χ4v) is 5.99. The molecule has 5 aromatic rings. The molecule has 5 rings (SSSR count). The number of carbonyl (C=O) groups is 1. The van der Waals surface area contributed by atoms with E-state index in [4.69, 9.17) is 10.1 Å². The number of ketones is 1. The first-order chi connectivity index (χ1) is 19.0. The summed E-state index contributed by atoms with van der Waals surface area (Å²) in [6, 6.07) is 31.1. The van der Waals surface area contributed by atoms with E-state index in [0.717, 1.165) is 27.4 Å². The van der Waals surface area contributed by atoms with E-state index in [1.54, 1.807) is 0 Å². The van der Waals surface area contributed by atoms with E-state index in [2.05, 4.69) is 81.2 Å². The molecule has 4 nitrogen and oxygen atoms in total. The maximum atomic E-state index is 10.0. The van der Waals surface area contributed by atoms with Crippen LogP contribution in [0, 0.1) is 24.3 Å². The molecule has 1 N–H and O–H groups in total. The van der Waals surface area contributed by atoms with Gasteiger partial charge in [-0.1, -0.05) is 90.4 Å². The minimum Gasteiger partial charge on any atom is -0.512 e. The van der Waals surface area contributed by atoms with Crippen LogP contribution >= 0.6 is 0 Å². The molecule has 0 aliphatic rings. The van der Waals surface area contributed by atoms with Gasteiger partial charge in [0.1, 0.15) is 0 Å². The van der Waals surface area contributed by atoms with Crippen molar-refractivity contribution in [2.45, 2.75) is 40.4 Å². The number of rotatable bonds is 4. The average molecular weight is 734 g/mol. The third-order valence-electron chi connectivity index (χ3n) is 6.84. The predicted octanol–water partition coefficient (Wildman–Crippen LogP) is 8.28. The Bertz CT molecular complexity index is 1790. The molecule has 209 valence electrons. The summed E-state index contributed by atoms with van der Waals surface area (Å²) in [4.78, 5) is 14.7. The molecule has 1 aromatic heterocycles. The van der Waals surface area contributed by atoms with Crippen molar-refractivity contribution in [2.75, 3.05) is 0 Å². The number of nitriles is 1. The predicted molar refractivity (Wildman–Crippen MR) is 168 cm³/mol. The first-order valence-electron chi connectivity index (χ1n) is 13.2. The monoisotopic (exact) mass is 734 g/mol. The van der Waals surface area contributed by atoms with Gasteiger partial charge >= 0.3 is 0 Å². The van der Waals surface area contributed by atoms with E-state index in [0.29, 0.717) is 5.56 Å². The van der Waals surface area contributed by atoms with Crippen LogP contribution in [0.1, 0.15) is 25.0 Å². The Morgan fingerprint density at radius 2 is 1.63 bits per heavy atom. The molecule has 1 heterocycles. The van der Waals surface area contributed by atoms with Gasteiger partial charge in [-0.2, -0.15) is 5.26 Å². The summed E-state index contributed by atoms with van der Waals surface area (Å²) in [5.41, 5.74) is 6.06. The number of hydrogen-bond donors (Lipinski definition) is 1. The Hall–Kier alpha value is -3.88. The summed E-state index contributed by atoms with van der Waals surface area (Å²) >= 11 is 0. The van der Waals surface area contributed by atoms with Gasteiger partial charge in [-0.05, 0) is 59.9 Å². The first-order valence-corrected chi connectivity index (χ1v) is 16.7. The summed E-state index contributed by atoms with van der Waals surface area (Å²) < 4.78 is 0. The van der Waals surface area contributed by atoms with Crippen LogP contribution < -0.4 is 5.19 Å². The molecule has 0 saturated carbocycles. The quantitative estimate of drug-likeness (QED) is 0.0874. The number of allylic oxidation sites excluding steroid dienone is 2. The normalized spacial score (nSPS) is 11.3. The van der Waals surface area contributed by atoms with Crippen LogP contribution in [0.15, 0.2) is 90.8 Å². The maximum absolute atomic E-state index is 10.0. The summed E-state index contributed by atoms with van der Waals surface area (Å²) in [5.74, 6) is -0.0625. The Morgan fingerprint density at radius 1 is 0.951 bits per heavy atom. The summed E-state index contributed by atoms with van der Waals surface area (Å²) in [6.07, 6.45) is 3.03. The molecule has 0 saturated heterocycles. The van der Waals surface area contributed by atoms with Crippen molar-refractivity contribution in [3.63, 3.8) is 0 Å². The van der Waals surface area contributed by atoms with E-state index < -0.39 is 8.07 Å². The molecule has 1 radical (unpaired) electrons. The topological polar surface area (TPSA) is 74.0 Å². The van der Waals surface area contributed by atoms with Gasteiger partial charge in [0.15, 0.2) is 5.78 Å². The number of aryl methyl sites for hydroxylation is 1. The van der Waals surface area contributed by atoms with Crippen LogP contribution in [0.2, 0.25) is 19.6 Å². The molecule has 0 aliphatic carbocycles. The third kappa shape index (κ3) is 7.26. The van der Waals surface area contributed by atoms with Crippen molar-refractivity contribution in [3.8, 4) is 28.5 Å². The number of aliphatic hydroxyl groups excluding tert-OH is 1. The number of pyridine rings is 1. The van der Waals surface area contributed by atoms with Crippen LogP contribution in [-0.2, 0) is 24.9 Å². The first kappa shape index (κ1) is 31.6. The Labute approximate surface area is 256 Å². The van der Waals surface area contributed by atoms with Gasteiger partial charge in [0.25, 0.3) is 0 Å². The molecule has 4 aromatic carbocycles. The number of fused-ring (bicyclic) bond motifs is 2. The number of carbonyl (C=O) groups excluding carboxylic acids is 1. The molecule has 0 bridgehead atoms. The molecule has 0 atom stereocenters. The number of hydrogen-bond acceptors (Lipinski definition) is 4. The van der Waals surface area contributed by atoms with Crippen LogP contribution in [0.4, 0.5) is 0 Å². The number of benzene rings is 4. The fraction of sp³-hybridized carbons (Fsp3) is 0.171. The molecule has 0 amide bonds. The van der Waals surface area contributed by atoms with Gasteiger partial charge < -0.3 is 5.11 Å². The second-order valence-corrected chi connectivity index (χ2v) is 16.0. The summed E-state index contributed by atoms with van der Waals surface area (Å²) in [5, 5.41) is 23.6. The van der Waals surface area contributed by atoms with Crippen molar-refractivity contribution in [2.24, 2.45) is 0 Å². The van der Waals surface area contributed by atoms with Crippen LogP contribution in [-0.4, -0.2) is 23.9 Å². The SMILES string of the molecule is CC(=O)/C=C(/C)O.Cc1c(-c2ccc([Si](C)(C)C)cc2)ccc2c(-c3[c-]c4ccccc4c(C#N)c3)nccc12.[Ir]. The molecule has 6 heteroatoms. The van der Waals surface area contributed by atoms with Gasteiger partial charge in [-0.25, -0.2) is 0 Å². The van der Waals surface area contributed by atoms with Crippen molar-refractivity contribution >= 4 is 40.6 Å². The van der Waals surface area contributed by atoms with Gasteiger partial charge in [0.05, 0.1) is 19.9 Å².